The summed E-state index contributed by atoms with van der Waals surface area (Å²) in [6, 6.07) is 0. The predicted octanol–water partition coefficient (Wildman–Crippen LogP) is 1.77. The first-order chi connectivity index (χ1) is 13.7. The third-order valence-corrected chi connectivity index (χ3v) is 3.93. The number of hydrogen-bond acceptors (Lipinski definition) is 8. The van der Waals surface area contributed by atoms with Crippen LogP contribution in [0, 0.1) is 0 Å². The number of rotatable bonds is 18. The summed E-state index contributed by atoms with van der Waals surface area (Å²) in [5.41, 5.74) is 0. The van der Waals surface area contributed by atoms with E-state index in [2.05, 4.69) is 0 Å². The zero-order valence-corrected chi connectivity index (χ0v) is 16.6. The molecule has 1 fully saturated rings. The highest BCUT2D eigenvalue weighted by molar-refractivity contribution is 5.69. The molecule has 0 spiro atoms. The first-order valence-corrected chi connectivity index (χ1v) is 10.0. The monoisotopic (exact) mass is 406 g/mol. The van der Waals surface area contributed by atoms with Crippen molar-refractivity contribution in [2.45, 2.75) is 51.2 Å². The smallest absolute Gasteiger partial charge is 0.305 e. The first kappa shape index (κ1) is 24.8. The lowest BCUT2D eigenvalue weighted by Gasteiger charge is -2.22. The number of hydrogen-bond donors (Lipinski definition) is 1. The molecule has 1 aliphatic rings. The van der Waals surface area contributed by atoms with E-state index in [0.717, 1.165) is 25.9 Å². The van der Waals surface area contributed by atoms with Gasteiger partial charge in [0.2, 0.25) is 0 Å². The zero-order chi connectivity index (χ0) is 20.3. The fourth-order valence-corrected chi connectivity index (χ4v) is 2.46. The van der Waals surface area contributed by atoms with E-state index in [1.807, 2.05) is 0 Å². The number of aliphatic carboxylic acids is 1. The van der Waals surface area contributed by atoms with Crippen LogP contribution in [0.2, 0.25) is 0 Å². The third-order valence-electron chi connectivity index (χ3n) is 3.93. The van der Waals surface area contributed by atoms with Crippen molar-refractivity contribution in [3.05, 3.63) is 0 Å². The molecule has 0 amide bonds. The molecule has 1 atom stereocenters. The Kier molecular flexibility index (Phi) is 15.8. The van der Waals surface area contributed by atoms with Crippen LogP contribution in [-0.4, -0.2) is 82.8 Å². The highest BCUT2D eigenvalue weighted by Crippen LogP contribution is 2.13. The molecule has 9 heteroatoms. The summed E-state index contributed by atoms with van der Waals surface area (Å²) in [4.78, 5) is 21.7. The van der Waals surface area contributed by atoms with Gasteiger partial charge in [-0.15, -0.1) is 0 Å². The Balaban J connectivity index is 1.72. The van der Waals surface area contributed by atoms with Gasteiger partial charge in [-0.1, -0.05) is 0 Å². The minimum Gasteiger partial charge on any atom is -0.481 e. The van der Waals surface area contributed by atoms with E-state index in [0.29, 0.717) is 59.1 Å². The Labute approximate surface area is 166 Å². The van der Waals surface area contributed by atoms with E-state index < -0.39 is 5.97 Å². The third kappa shape index (κ3) is 15.8. The van der Waals surface area contributed by atoms with Crippen LogP contribution in [0.5, 0.6) is 0 Å². The fourth-order valence-electron chi connectivity index (χ4n) is 2.46. The van der Waals surface area contributed by atoms with E-state index in [9.17, 15) is 9.59 Å². The van der Waals surface area contributed by atoms with Crippen molar-refractivity contribution in [3.8, 4) is 0 Å². The quantitative estimate of drug-likeness (QED) is 0.269. The molecule has 9 nitrogen and oxygen atoms in total. The Hall–Kier alpha value is -1.26. The van der Waals surface area contributed by atoms with Crippen LogP contribution in [0.15, 0.2) is 0 Å². The first-order valence-electron chi connectivity index (χ1n) is 10.0. The second-order valence-corrected chi connectivity index (χ2v) is 6.33. The van der Waals surface area contributed by atoms with Gasteiger partial charge in [-0.2, -0.15) is 0 Å². The largest absolute Gasteiger partial charge is 0.481 e. The summed E-state index contributed by atoms with van der Waals surface area (Å²) in [6.45, 7) is 4.14. The van der Waals surface area contributed by atoms with Crippen molar-refractivity contribution in [2.24, 2.45) is 0 Å². The van der Waals surface area contributed by atoms with E-state index >= 15 is 0 Å². The van der Waals surface area contributed by atoms with Crippen LogP contribution in [0.25, 0.3) is 0 Å². The van der Waals surface area contributed by atoms with Crippen molar-refractivity contribution >= 4 is 11.9 Å². The molecular weight excluding hydrogens is 372 g/mol. The number of ether oxygens (including phenoxy) is 6. The van der Waals surface area contributed by atoms with Gasteiger partial charge in [-0.25, -0.2) is 0 Å². The fraction of sp³-hybridized carbons (Fsp3) is 0.895. The molecule has 0 radical (unpaired) electrons. The second-order valence-electron chi connectivity index (χ2n) is 6.33. The predicted molar refractivity (Wildman–Crippen MR) is 99.1 cm³/mol. The summed E-state index contributed by atoms with van der Waals surface area (Å²) in [5, 5.41) is 8.49. The number of carboxylic acids is 1. The molecule has 0 bridgehead atoms. The SMILES string of the molecule is O=C(O)CCCCC(=O)OCCOCCOCCOCCOC1CCCCO1. The van der Waals surface area contributed by atoms with Gasteiger partial charge in [0.05, 0.1) is 46.2 Å². The highest BCUT2D eigenvalue weighted by atomic mass is 16.7. The van der Waals surface area contributed by atoms with Crippen LogP contribution in [0.1, 0.15) is 44.9 Å². The molecule has 0 aromatic carbocycles. The molecule has 1 heterocycles. The minimum absolute atomic E-state index is 0.0740. The van der Waals surface area contributed by atoms with Gasteiger partial charge < -0.3 is 33.5 Å². The molecular formula is C19H34O9. The molecule has 0 aliphatic carbocycles. The van der Waals surface area contributed by atoms with Crippen LogP contribution < -0.4 is 0 Å². The van der Waals surface area contributed by atoms with Crippen LogP contribution in [0.3, 0.4) is 0 Å². The van der Waals surface area contributed by atoms with Gasteiger partial charge in [-0.3, -0.25) is 9.59 Å². The standard InChI is InChI=1S/C19H34O9/c20-17(21)5-1-2-6-18(22)26-15-13-24-11-9-23-10-12-25-14-16-28-19-7-3-4-8-27-19/h19H,1-16H2,(H,20,21). The van der Waals surface area contributed by atoms with Crippen LogP contribution in [-0.2, 0) is 38.0 Å². The average molecular weight is 406 g/mol. The normalized spacial score (nSPS) is 16.8. The van der Waals surface area contributed by atoms with E-state index in [1.54, 1.807) is 0 Å². The maximum atomic E-state index is 11.4. The maximum absolute atomic E-state index is 11.4. The van der Waals surface area contributed by atoms with Gasteiger partial charge in [0.15, 0.2) is 6.29 Å². The summed E-state index contributed by atoms with van der Waals surface area (Å²) >= 11 is 0. The van der Waals surface area contributed by atoms with E-state index in [4.69, 9.17) is 33.5 Å². The van der Waals surface area contributed by atoms with Gasteiger partial charge in [0.1, 0.15) is 6.61 Å². The lowest BCUT2D eigenvalue weighted by atomic mass is 10.2. The zero-order valence-electron chi connectivity index (χ0n) is 16.6. The number of esters is 1. The van der Waals surface area contributed by atoms with Gasteiger partial charge in [-0.05, 0) is 32.1 Å². The number of carbonyl (C=O) groups excluding carboxylic acids is 1. The van der Waals surface area contributed by atoms with Crippen LogP contribution in [0.4, 0.5) is 0 Å². The highest BCUT2D eigenvalue weighted by Gasteiger charge is 2.13. The maximum Gasteiger partial charge on any atom is 0.305 e. The molecule has 1 aliphatic heterocycles. The molecule has 164 valence electrons. The molecule has 0 saturated carbocycles. The molecule has 28 heavy (non-hydrogen) atoms. The molecule has 1 N–H and O–H groups in total. The van der Waals surface area contributed by atoms with Crippen molar-refractivity contribution in [1.82, 2.24) is 0 Å². The topological polar surface area (TPSA) is 110 Å². The summed E-state index contributed by atoms with van der Waals surface area (Å²) in [7, 11) is 0. The average Bonchev–Trinajstić information content (AvgIpc) is 2.69. The number of carbonyl (C=O) groups is 2. The minimum atomic E-state index is -0.852. The van der Waals surface area contributed by atoms with Crippen LogP contribution >= 0.6 is 0 Å². The van der Waals surface area contributed by atoms with Crippen molar-refractivity contribution in [2.75, 3.05) is 59.5 Å². The van der Waals surface area contributed by atoms with Gasteiger partial charge in [0, 0.05) is 19.4 Å². The lowest BCUT2D eigenvalue weighted by Crippen LogP contribution is -2.24. The Morgan fingerprint density at radius 1 is 0.821 bits per heavy atom. The molecule has 1 saturated heterocycles. The molecule has 0 aromatic heterocycles. The van der Waals surface area contributed by atoms with Gasteiger partial charge in [0.25, 0.3) is 0 Å². The Morgan fingerprint density at radius 3 is 2.04 bits per heavy atom. The molecule has 0 aromatic rings. The summed E-state index contributed by atoms with van der Waals surface area (Å²) < 4.78 is 32.1. The summed E-state index contributed by atoms with van der Waals surface area (Å²) in [6.07, 6.45) is 4.43. The van der Waals surface area contributed by atoms with Crippen molar-refractivity contribution in [3.63, 3.8) is 0 Å². The lowest BCUT2D eigenvalue weighted by molar-refractivity contribution is -0.169. The summed E-state index contributed by atoms with van der Waals surface area (Å²) in [5.74, 6) is -1.18. The van der Waals surface area contributed by atoms with Gasteiger partial charge >= 0.3 is 11.9 Å². The molecule has 1 unspecified atom stereocenters. The van der Waals surface area contributed by atoms with E-state index in [1.165, 1.54) is 0 Å². The number of carboxylic acid groups (broad SMARTS) is 1. The number of unbranched alkanes of at least 4 members (excludes halogenated alkanes) is 1. The Bertz CT molecular complexity index is 397. The van der Waals surface area contributed by atoms with Crippen molar-refractivity contribution in [1.29, 1.82) is 0 Å². The molecule has 1 rings (SSSR count). The Morgan fingerprint density at radius 2 is 1.43 bits per heavy atom. The second kappa shape index (κ2) is 17.8. The van der Waals surface area contributed by atoms with Crippen molar-refractivity contribution < 1.29 is 43.1 Å². The van der Waals surface area contributed by atoms with E-state index in [-0.39, 0.29) is 31.7 Å².